The number of nitrogens with zero attached hydrogens (tertiary/aromatic N) is 4. The van der Waals surface area contributed by atoms with Crippen LogP contribution in [0.1, 0.15) is 25.6 Å². The Kier molecular flexibility index (Phi) is 7.91. The van der Waals surface area contributed by atoms with Crippen molar-refractivity contribution >= 4 is 17.5 Å². The third-order valence-electron chi connectivity index (χ3n) is 4.16. The molecule has 28 heavy (non-hydrogen) atoms. The predicted octanol–water partition coefficient (Wildman–Crippen LogP) is 2.83. The van der Waals surface area contributed by atoms with Crippen molar-refractivity contribution in [2.45, 2.75) is 19.8 Å². The summed E-state index contributed by atoms with van der Waals surface area (Å²) in [6.07, 6.45) is 7.49. The molecule has 1 aromatic heterocycles. The molecule has 0 N–H and O–H groups in total. The number of ether oxygens (including phenoxy) is 1. The van der Waals surface area contributed by atoms with E-state index < -0.39 is 4.92 Å². The lowest BCUT2D eigenvalue weighted by molar-refractivity contribution is -0.384. The van der Waals surface area contributed by atoms with Crippen molar-refractivity contribution in [1.82, 2.24) is 9.97 Å². The minimum atomic E-state index is -0.535. The zero-order valence-electron chi connectivity index (χ0n) is 15.7. The number of rotatable bonds is 4. The molecule has 1 saturated heterocycles. The van der Waals surface area contributed by atoms with Crippen molar-refractivity contribution < 1.29 is 14.5 Å². The van der Waals surface area contributed by atoms with E-state index in [2.05, 4.69) is 15.9 Å². The molecule has 0 unspecified atom stereocenters. The van der Waals surface area contributed by atoms with Gasteiger partial charge in [0, 0.05) is 13.1 Å². The Morgan fingerprint density at radius 1 is 1.29 bits per heavy atom. The van der Waals surface area contributed by atoms with Crippen LogP contribution in [-0.4, -0.2) is 40.6 Å². The zero-order valence-corrected chi connectivity index (χ0v) is 15.7. The molecule has 2 heterocycles. The van der Waals surface area contributed by atoms with Crippen molar-refractivity contribution in [2.24, 2.45) is 5.92 Å². The molecule has 0 aliphatic carbocycles. The van der Waals surface area contributed by atoms with Gasteiger partial charge in [-0.1, -0.05) is 36.4 Å². The second-order valence-corrected chi connectivity index (χ2v) is 5.97. The highest BCUT2D eigenvalue weighted by Gasteiger charge is 2.30. The summed E-state index contributed by atoms with van der Waals surface area (Å²) in [4.78, 5) is 31.9. The third kappa shape index (κ3) is 5.77. The Morgan fingerprint density at radius 2 is 1.86 bits per heavy atom. The topological polar surface area (TPSA) is 98.5 Å². The average molecular weight is 382 g/mol. The summed E-state index contributed by atoms with van der Waals surface area (Å²) in [5.74, 6) is 2.18. The number of aromatic nitrogens is 2. The van der Waals surface area contributed by atoms with Gasteiger partial charge in [0.05, 0.1) is 17.4 Å². The van der Waals surface area contributed by atoms with Crippen molar-refractivity contribution in [3.8, 4) is 12.3 Å². The quantitative estimate of drug-likeness (QED) is 0.347. The maximum Gasteiger partial charge on any atom is 0.329 e. The van der Waals surface area contributed by atoms with Gasteiger partial charge in [0.15, 0.2) is 0 Å². The van der Waals surface area contributed by atoms with Crippen molar-refractivity contribution in [3.05, 3.63) is 58.5 Å². The number of anilines is 1. The third-order valence-corrected chi connectivity index (χ3v) is 4.16. The Hall–Kier alpha value is -3.47. The Morgan fingerprint density at radius 3 is 2.32 bits per heavy atom. The minimum Gasteiger partial charge on any atom is -0.466 e. The fourth-order valence-corrected chi connectivity index (χ4v) is 2.77. The van der Waals surface area contributed by atoms with Gasteiger partial charge in [0.25, 0.3) is 0 Å². The first-order valence-electron chi connectivity index (χ1n) is 8.96. The number of nitro groups is 1. The lowest BCUT2D eigenvalue weighted by Crippen LogP contribution is -2.37. The molecule has 1 aliphatic rings. The molecule has 1 aliphatic heterocycles. The highest BCUT2D eigenvalue weighted by atomic mass is 16.6. The van der Waals surface area contributed by atoms with Crippen LogP contribution >= 0.6 is 0 Å². The molecule has 0 bridgehead atoms. The van der Waals surface area contributed by atoms with Gasteiger partial charge in [-0.15, -0.1) is 6.42 Å². The Balaban J connectivity index is 0.000000397. The molecule has 8 nitrogen and oxygen atoms in total. The first-order chi connectivity index (χ1) is 13.6. The van der Waals surface area contributed by atoms with Crippen LogP contribution in [-0.2, 0) is 9.53 Å². The molecule has 3 rings (SSSR count). The number of piperidine rings is 1. The largest absolute Gasteiger partial charge is 0.466 e. The minimum absolute atomic E-state index is 0.105. The molecule has 1 fully saturated rings. The standard InChI is InChI=1S/C14H16N4O4.C6H6/c1-3-12-15-9-11(18(20)21)13(16-12)17-7-5-10(6-8-17)14(19)22-4-2;1-2-4-6-5-3-1/h1,9-10H,4-8H2,2H3;1-6H. The van der Waals surface area contributed by atoms with Crippen LogP contribution in [0.4, 0.5) is 11.5 Å². The number of hydrogen-bond acceptors (Lipinski definition) is 7. The normalized spacial score (nSPS) is 13.6. The van der Waals surface area contributed by atoms with Gasteiger partial charge in [-0.2, -0.15) is 4.98 Å². The van der Waals surface area contributed by atoms with E-state index in [1.54, 1.807) is 11.8 Å². The number of carbonyl (C=O) groups excluding carboxylic acids is 1. The second kappa shape index (κ2) is 10.6. The van der Waals surface area contributed by atoms with Crippen LogP contribution in [0.3, 0.4) is 0 Å². The smallest absolute Gasteiger partial charge is 0.329 e. The van der Waals surface area contributed by atoms with Crippen LogP contribution in [0.15, 0.2) is 42.6 Å². The van der Waals surface area contributed by atoms with Crippen molar-refractivity contribution in [1.29, 1.82) is 0 Å². The number of benzene rings is 1. The SMILES string of the molecule is C#Cc1ncc([N+](=O)[O-])c(N2CCC(C(=O)OCC)CC2)n1.c1ccccc1. The maximum absolute atomic E-state index is 11.7. The first kappa shape index (κ1) is 20.8. The molecule has 146 valence electrons. The van der Waals surface area contributed by atoms with Crippen LogP contribution in [0.25, 0.3) is 0 Å². The van der Waals surface area contributed by atoms with Crippen molar-refractivity contribution in [2.75, 3.05) is 24.6 Å². The summed E-state index contributed by atoms with van der Waals surface area (Å²) >= 11 is 0. The second-order valence-electron chi connectivity index (χ2n) is 5.97. The van der Waals surface area contributed by atoms with Crippen LogP contribution in [0.5, 0.6) is 0 Å². The zero-order chi connectivity index (χ0) is 20.4. The van der Waals surface area contributed by atoms with Gasteiger partial charge in [-0.3, -0.25) is 14.9 Å². The fourth-order valence-electron chi connectivity index (χ4n) is 2.77. The molecule has 8 heteroatoms. The molecule has 0 radical (unpaired) electrons. The lowest BCUT2D eigenvalue weighted by Gasteiger charge is -2.31. The van der Waals surface area contributed by atoms with E-state index >= 15 is 0 Å². The van der Waals surface area contributed by atoms with Crippen LogP contribution in [0.2, 0.25) is 0 Å². The molecule has 0 spiro atoms. The van der Waals surface area contributed by atoms with Crippen LogP contribution < -0.4 is 4.90 Å². The predicted molar refractivity (Wildman–Crippen MR) is 105 cm³/mol. The van der Waals surface area contributed by atoms with Crippen LogP contribution in [0, 0.1) is 28.4 Å². The van der Waals surface area contributed by atoms with Gasteiger partial charge in [-0.25, -0.2) is 4.98 Å². The van der Waals surface area contributed by atoms with Crippen molar-refractivity contribution in [3.63, 3.8) is 0 Å². The summed E-state index contributed by atoms with van der Waals surface area (Å²) < 4.78 is 5.00. The number of carbonyl (C=O) groups is 1. The molecule has 1 aromatic carbocycles. The van der Waals surface area contributed by atoms with E-state index in [1.165, 1.54) is 0 Å². The van der Waals surface area contributed by atoms with E-state index in [-0.39, 0.29) is 29.2 Å². The molecule has 0 atom stereocenters. The van der Waals surface area contributed by atoms with E-state index in [0.29, 0.717) is 32.5 Å². The van der Waals surface area contributed by atoms with Gasteiger partial charge >= 0.3 is 11.7 Å². The maximum atomic E-state index is 11.7. The number of terminal acetylenes is 1. The van der Waals surface area contributed by atoms with E-state index in [0.717, 1.165) is 6.20 Å². The fraction of sp³-hybridized carbons (Fsp3) is 0.350. The monoisotopic (exact) mass is 382 g/mol. The Bertz CT molecular complexity index is 801. The summed E-state index contributed by atoms with van der Waals surface area (Å²) in [6.45, 7) is 3.07. The highest BCUT2D eigenvalue weighted by Crippen LogP contribution is 2.29. The number of esters is 1. The molecule has 0 amide bonds. The summed E-state index contributed by atoms with van der Waals surface area (Å²) in [7, 11) is 0. The van der Waals surface area contributed by atoms with E-state index in [4.69, 9.17) is 11.2 Å². The average Bonchev–Trinajstić information content (AvgIpc) is 2.75. The highest BCUT2D eigenvalue weighted by molar-refractivity contribution is 5.73. The van der Waals surface area contributed by atoms with Gasteiger partial charge in [0.2, 0.25) is 11.6 Å². The molecular formula is C20H22N4O4. The summed E-state index contributed by atoms with van der Waals surface area (Å²) in [5.41, 5.74) is -0.186. The molecule has 0 saturated carbocycles. The lowest BCUT2D eigenvalue weighted by atomic mass is 9.97. The molecule has 2 aromatic rings. The summed E-state index contributed by atoms with van der Waals surface area (Å²) in [5, 5.41) is 11.1. The van der Waals surface area contributed by atoms with Gasteiger partial charge in [-0.05, 0) is 25.7 Å². The Labute approximate surface area is 163 Å². The van der Waals surface area contributed by atoms with Gasteiger partial charge in [0.1, 0.15) is 6.20 Å². The summed E-state index contributed by atoms with van der Waals surface area (Å²) in [6, 6.07) is 12.0. The van der Waals surface area contributed by atoms with E-state index in [9.17, 15) is 14.9 Å². The molecular weight excluding hydrogens is 360 g/mol. The van der Waals surface area contributed by atoms with Gasteiger partial charge < -0.3 is 9.64 Å². The number of hydrogen-bond donors (Lipinski definition) is 0. The van der Waals surface area contributed by atoms with E-state index in [1.807, 2.05) is 36.4 Å². The first-order valence-corrected chi connectivity index (χ1v) is 8.96.